The molecule has 0 saturated carbocycles. The van der Waals surface area contributed by atoms with Gasteiger partial charge in [0.1, 0.15) is 0 Å². The van der Waals surface area contributed by atoms with Crippen LogP contribution in [-0.4, -0.2) is 31.3 Å². The lowest BCUT2D eigenvalue weighted by Gasteiger charge is -2.25. The molecule has 96 valence electrons. The number of ether oxygens (including phenoxy) is 1. The summed E-state index contributed by atoms with van der Waals surface area (Å²) in [5.41, 5.74) is 1.34. The minimum Gasteiger partial charge on any atom is -0.385 e. The van der Waals surface area contributed by atoms with Crippen molar-refractivity contribution in [2.24, 2.45) is 0 Å². The average Bonchev–Trinajstić information content (AvgIpc) is 2.39. The molecule has 0 amide bonds. The normalized spacial score (nSPS) is 14.5. The van der Waals surface area contributed by atoms with E-state index in [2.05, 4.69) is 36.3 Å². The second-order valence-corrected chi connectivity index (χ2v) is 4.41. The van der Waals surface area contributed by atoms with Gasteiger partial charge in [-0.05, 0) is 43.0 Å². The van der Waals surface area contributed by atoms with Gasteiger partial charge in [-0.15, -0.1) is 0 Å². The molecule has 17 heavy (non-hydrogen) atoms. The molecule has 2 unspecified atom stereocenters. The first-order valence-corrected chi connectivity index (χ1v) is 6.41. The Balaban J connectivity index is 2.61. The molecule has 1 heterocycles. The molecule has 0 aromatic carbocycles. The van der Waals surface area contributed by atoms with E-state index in [9.17, 15) is 0 Å². The second-order valence-electron chi connectivity index (χ2n) is 4.41. The topological polar surface area (TPSA) is 34.1 Å². The zero-order valence-electron chi connectivity index (χ0n) is 11.1. The number of rotatable bonds is 8. The van der Waals surface area contributed by atoms with Crippen LogP contribution in [0, 0.1) is 0 Å². The summed E-state index contributed by atoms with van der Waals surface area (Å²) in [7, 11) is 1.76. The largest absolute Gasteiger partial charge is 0.385 e. The zero-order valence-corrected chi connectivity index (χ0v) is 11.1. The summed E-state index contributed by atoms with van der Waals surface area (Å²) in [6, 6.07) is 4.66. The maximum absolute atomic E-state index is 5.19. The number of nitrogens with zero attached hydrogens (tertiary/aromatic N) is 1. The van der Waals surface area contributed by atoms with Crippen molar-refractivity contribution in [3.8, 4) is 0 Å². The van der Waals surface area contributed by atoms with Gasteiger partial charge in [0.25, 0.3) is 0 Å². The standard InChI is InChI=1S/C14H24N2O/c1-4-8-16-14(7-11-17-3)12(2)13-5-9-15-10-6-13/h5-6,9-10,12,14,16H,4,7-8,11H2,1-3H3. The molecule has 0 aliphatic rings. The Morgan fingerprint density at radius 3 is 2.65 bits per heavy atom. The number of methoxy groups -OCH3 is 1. The molecule has 1 rings (SSSR count). The van der Waals surface area contributed by atoms with E-state index >= 15 is 0 Å². The Labute approximate surface area is 105 Å². The number of pyridine rings is 1. The van der Waals surface area contributed by atoms with Crippen molar-refractivity contribution < 1.29 is 4.74 Å². The molecule has 1 aromatic heterocycles. The molecule has 0 bridgehead atoms. The van der Waals surface area contributed by atoms with Crippen LogP contribution in [-0.2, 0) is 4.74 Å². The number of hydrogen-bond donors (Lipinski definition) is 1. The molecule has 3 heteroatoms. The summed E-state index contributed by atoms with van der Waals surface area (Å²) in [6.07, 6.45) is 5.92. The van der Waals surface area contributed by atoms with Gasteiger partial charge in [-0.1, -0.05) is 13.8 Å². The van der Waals surface area contributed by atoms with Crippen molar-refractivity contribution in [2.45, 2.75) is 38.6 Å². The van der Waals surface area contributed by atoms with E-state index in [4.69, 9.17) is 4.74 Å². The van der Waals surface area contributed by atoms with Crippen LogP contribution in [0.4, 0.5) is 0 Å². The highest BCUT2D eigenvalue weighted by Crippen LogP contribution is 2.20. The lowest BCUT2D eigenvalue weighted by molar-refractivity contribution is 0.178. The maximum Gasteiger partial charge on any atom is 0.0477 e. The van der Waals surface area contributed by atoms with Gasteiger partial charge in [-0.25, -0.2) is 0 Å². The van der Waals surface area contributed by atoms with Crippen molar-refractivity contribution in [1.82, 2.24) is 10.3 Å². The van der Waals surface area contributed by atoms with Crippen molar-refractivity contribution >= 4 is 0 Å². The van der Waals surface area contributed by atoms with Crippen molar-refractivity contribution in [2.75, 3.05) is 20.3 Å². The van der Waals surface area contributed by atoms with Crippen molar-refractivity contribution in [3.05, 3.63) is 30.1 Å². The van der Waals surface area contributed by atoms with Gasteiger partial charge in [0.15, 0.2) is 0 Å². The third-order valence-corrected chi connectivity index (χ3v) is 3.12. The third-order valence-electron chi connectivity index (χ3n) is 3.12. The Hall–Kier alpha value is -0.930. The van der Waals surface area contributed by atoms with Crippen molar-refractivity contribution in [3.63, 3.8) is 0 Å². The summed E-state index contributed by atoms with van der Waals surface area (Å²) >= 11 is 0. The fraction of sp³-hybridized carbons (Fsp3) is 0.643. The average molecular weight is 236 g/mol. The van der Waals surface area contributed by atoms with Gasteiger partial charge in [0, 0.05) is 32.2 Å². The summed E-state index contributed by atoms with van der Waals surface area (Å²) in [5.74, 6) is 0.486. The Morgan fingerprint density at radius 1 is 1.35 bits per heavy atom. The van der Waals surface area contributed by atoms with Crippen LogP contribution in [0.15, 0.2) is 24.5 Å². The Kier molecular flexibility index (Phi) is 6.82. The minimum absolute atomic E-state index is 0.470. The first kappa shape index (κ1) is 14.1. The van der Waals surface area contributed by atoms with Crippen LogP contribution in [0.2, 0.25) is 0 Å². The molecule has 1 aromatic rings. The SMILES string of the molecule is CCCNC(CCOC)C(C)c1ccncc1. The molecule has 0 aliphatic carbocycles. The molecular formula is C14H24N2O. The maximum atomic E-state index is 5.19. The third kappa shape index (κ3) is 4.84. The monoisotopic (exact) mass is 236 g/mol. The van der Waals surface area contributed by atoms with E-state index in [1.54, 1.807) is 7.11 Å². The summed E-state index contributed by atoms with van der Waals surface area (Å²) in [4.78, 5) is 4.07. The quantitative estimate of drug-likeness (QED) is 0.753. The van der Waals surface area contributed by atoms with E-state index in [-0.39, 0.29) is 0 Å². The van der Waals surface area contributed by atoms with E-state index in [0.717, 1.165) is 26.0 Å². The number of hydrogen-bond acceptors (Lipinski definition) is 3. The van der Waals surface area contributed by atoms with Gasteiger partial charge in [0.05, 0.1) is 0 Å². The number of nitrogens with one attached hydrogen (secondary N) is 1. The van der Waals surface area contributed by atoms with Gasteiger partial charge in [-0.3, -0.25) is 4.98 Å². The van der Waals surface area contributed by atoms with Crippen molar-refractivity contribution in [1.29, 1.82) is 0 Å². The van der Waals surface area contributed by atoms with E-state index in [1.165, 1.54) is 5.56 Å². The molecule has 2 atom stereocenters. The Morgan fingerprint density at radius 2 is 2.06 bits per heavy atom. The van der Waals surface area contributed by atoms with Crippen LogP contribution >= 0.6 is 0 Å². The molecule has 3 nitrogen and oxygen atoms in total. The Bertz CT molecular complexity index is 282. The minimum atomic E-state index is 0.470. The first-order valence-electron chi connectivity index (χ1n) is 6.41. The second kappa shape index (κ2) is 8.20. The molecular weight excluding hydrogens is 212 g/mol. The van der Waals surface area contributed by atoms with Crippen LogP contribution in [0.25, 0.3) is 0 Å². The van der Waals surface area contributed by atoms with Crippen LogP contribution in [0.3, 0.4) is 0 Å². The smallest absolute Gasteiger partial charge is 0.0477 e. The molecule has 0 saturated heterocycles. The van der Waals surface area contributed by atoms with Crippen LogP contribution in [0.5, 0.6) is 0 Å². The fourth-order valence-corrected chi connectivity index (χ4v) is 2.00. The predicted molar refractivity (Wildman–Crippen MR) is 71.2 cm³/mol. The predicted octanol–water partition coefficient (Wildman–Crippen LogP) is 2.59. The highest BCUT2D eigenvalue weighted by molar-refractivity contribution is 5.17. The first-order chi connectivity index (χ1) is 8.29. The number of aromatic nitrogens is 1. The lowest BCUT2D eigenvalue weighted by atomic mass is 9.92. The van der Waals surface area contributed by atoms with Gasteiger partial charge in [-0.2, -0.15) is 0 Å². The van der Waals surface area contributed by atoms with Gasteiger partial charge in [0.2, 0.25) is 0 Å². The molecule has 0 spiro atoms. The lowest BCUT2D eigenvalue weighted by Crippen LogP contribution is -2.35. The molecule has 1 N–H and O–H groups in total. The summed E-state index contributed by atoms with van der Waals surface area (Å²) in [5, 5.41) is 3.60. The van der Waals surface area contributed by atoms with Crippen LogP contribution < -0.4 is 5.32 Å². The summed E-state index contributed by atoms with van der Waals surface area (Å²) < 4.78 is 5.19. The molecule has 0 fully saturated rings. The summed E-state index contributed by atoms with van der Waals surface area (Å²) in [6.45, 7) is 6.32. The fourth-order valence-electron chi connectivity index (χ4n) is 2.00. The zero-order chi connectivity index (χ0) is 12.5. The van der Waals surface area contributed by atoms with E-state index in [1.807, 2.05) is 12.4 Å². The molecule has 0 aliphatic heterocycles. The van der Waals surface area contributed by atoms with Gasteiger partial charge >= 0.3 is 0 Å². The van der Waals surface area contributed by atoms with E-state index in [0.29, 0.717) is 12.0 Å². The van der Waals surface area contributed by atoms with E-state index < -0.39 is 0 Å². The van der Waals surface area contributed by atoms with Crippen LogP contribution in [0.1, 0.15) is 38.2 Å². The highest BCUT2D eigenvalue weighted by Gasteiger charge is 2.17. The highest BCUT2D eigenvalue weighted by atomic mass is 16.5. The molecule has 0 radical (unpaired) electrons. The van der Waals surface area contributed by atoms with Gasteiger partial charge < -0.3 is 10.1 Å².